The molecule has 4 heterocycles. The van der Waals surface area contributed by atoms with Crippen molar-refractivity contribution < 1.29 is 19.0 Å². The van der Waals surface area contributed by atoms with Crippen LogP contribution >= 0.6 is 22.9 Å². The Labute approximate surface area is 181 Å². The van der Waals surface area contributed by atoms with Gasteiger partial charge in [0.05, 0.1) is 32.1 Å². The maximum atomic E-state index is 13.0. The predicted molar refractivity (Wildman–Crippen MR) is 111 cm³/mol. The zero-order chi connectivity index (χ0) is 21.1. The number of carbonyl (C=O) groups excluding carboxylic acids is 1. The average Bonchev–Trinajstić information content (AvgIpc) is 3.40. The normalized spacial score (nSPS) is 15.8. The number of rotatable bonds is 6. The van der Waals surface area contributed by atoms with Crippen molar-refractivity contribution in [2.24, 2.45) is 0 Å². The van der Waals surface area contributed by atoms with Crippen LogP contribution in [0.1, 0.15) is 22.5 Å². The molecular weight excluding hydrogens is 430 g/mol. The van der Waals surface area contributed by atoms with Crippen LogP contribution in [0, 0.1) is 6.92 Å². The van der Waals surface area contributed by atoms with Gasteiger partial charge in [-0.05, 0) is 30.4 Å². The van der Waals surface area contributed by atoms with Crippen molar-refractivity contribution in [3.8, 4) is 22.1 Å². The number of nitrogens with one attached hydrogen (secondary N) is 1. The highest BCUT2D eigenvalue weighted by atomic mass is 35.5. The van der Waals surface area contributed by atoms with E-state index < -0.39 is 0 Å². The topological polar surface area (TPSA) is 108 Å². The van der Waals surface area contributed by atoms with Gasteiger partial charge in [0.15, 0.2) is 0 Å². The molecule has 1 N–H and O–H groups in total. The summed E-state index contributed by atoms with van der Waals surface area (Å²) in [6.45, 7) is 3.02. The number of methoxy groups -OCH3 is 1. The Morgan fingerprint density at radius 3 is 2.90 bits per heavy atom. The van der Waals surface area contributed by atoms with Crippen molar-refractivity contribution >= 4 is 34.0 Å². The lowest BCUT2D eigenvalue weighted by Crippen LogP contribution is -2.15. The summed E-state index contributed by atoms with van der Waals surface area (Å²) in [7, 11) is 1.53. The maximum Gasteiger partial charge on any atom is 0.296 e. The lowest BCUT2D eigenvalue weighted by molar-refractivity contribution is 0.102. The monoisotopic (exact) mass is 447 g/mol. The quantitative estimate of drug-likeness (QED) is 0.573. The van der Waals surface area contributed by atoms with Crippen LogP contribution in [0.4, 0.5) is 5.13 Å². The molecule has 0 aliphatic carbocycles. The molecule has 0 spiro atoms. The molecule has 156 valence electrons. The van der Waals surface area contributed by atoms with Crippen LogP contribution in [-0.4, -0.2) is 52.5 Å². The number of halogens is 1. The van der Waals surface area contributed by atoms with Crippen molar-refractivity contribution in [1.29, 1.82) is 0 Å². The predicted octanol–water partition coefficient (Wildman–Crippen LogP) is 3.39. The van der Waals surface area contributed by atoms with Gasteiger partial charge in [-0.1, -0.05) is 16.7 Å². The van der Waals surface area contributed by atoms with E-state index in [1.54, 1.807) is 12.1 Å². The van der Waals surface area contributed by atoms with E-state index in [0.29, 0.717) is 46.0 Å². The van der Waals surface area contributed by atoms with Crippen molar-refractivity contribution in [1.82, 2.24) is 20.2 Å². The minimum absolute atomic E-state index is 0.0432. The lowest BCUT2D eigenvalue weighted by atomic mass is 10.0. The van der Waals surface area contributed by atoms with Gasteiger partial charge in [0.1, 0.15) is 17.0 Å². The fraction of sp³-hybridized carbons (Fsp3) is 0.316. The van der Waals surface area contributed by atoms with Crippen LogP contribution in [0.3, 0.4) is 0 Å². The van der Waals surface area contributed by atoms with E-state index in [1.165, 1.54) is 19.5 Å². The number of aromatic nitrogens is 4. The molecule has 0 radical (unpaired) electrons. The van der Waals surface area contributed by atoms with Gasteiger partial charge in [-0.15, -0.1) is 5.10 Å². The van der Waals surface area contributed by atoms with Crippen molar-refractivity contribution in [3.63, 3.8) is 0 Å². The van der Waals surface area contributed by atoms with Crippen LogP contribution in [0.5, 0.6) is 10.9 Å². The van der Waals surface area contributed by atoms with Gasteiger partial charge in [-0.3, -0.25) is 15.1 Å². The fourth-order valence-electron chi connectivity index (χ4n) is 2.97. The summed E-state index contributed by atoms with van der Waals surface area (Å²) in [4.78, 5) is 21.3. The molecule has 1 aliphatic heterocycles. The average molecular weight is 448 g/mol. The highest BCUT2D eigenvalue weighted by Crippen LogP contribution is 2.34. The molecule has 0 unspecified atom stereocenters. The first-order valence-corrected chi connectivity index (χ1v) is 10.3. The molecule has 1 aliphatic rings. The number of amides is 1. The second kappa shape index (κ2) is 8.90. The Morgan fingerprint density at radius 2 is 2.13 bits per heavy atom. The van der Waals surface area contributed by atoms with E-state index in [4.69, 9.17) is 25.8 Å². The van der Waals surface area contributed by atoms with Gasteiger partial charge in [0.2, 0.25) is 5.13 Å². The molecule has 9 nitrogen and oxygen atoms in total. The van der Waals surface area contributed by atoms with Gasteiger partial charge in [0, 0.05) is 29.4 Å². The summed E-state index contributed by atoms with van der Waals surface area (Å²) in [6.07, 6.45) is 3.77. The molecule has 4 rings (SSSR count). The number of ether oxygens (including phenoxy) is 3. The van der Waals surface area contributed by atoms with E-state index in [9.17, 15) is 4.79 Å². The molecule has 1 atom stereocenters. The second-order valence-corrected chi connectivity index (χ2v) is 7.84. The summed E-state index contributed by atoms with van der Waals surface area (Å²) in [6, 6.07) is 3.43. The fourth-order valence-corrected chi connectivity index (χ4v) is 3.79. The van der Waals surface area contributed by atoms with E-state index in [0.717, 1.165) is 23.5 Å². The molecule has 3 aromatic heterocycles. The molecule has 0 aromatic carbocycles. The Hall–Kier alpha value is -2.82. The molecule has 1 amide bonds. The molecule has 11 heteroatoms. The number of anilines is 1. The third-order valence-corrected chi connectivity index (χ3v) is 5.35. The third-order valence-electron chi connectivity index (χ3n) is 4.41. The van der Waals surface area contributed by atoms with Gasteiger partial charge >= 0.3 is 0 Å². The Kier molecular flexibility index (Phi) is 6.07. The highest BCUT2D eigenvalue weighted by molar-refractivity contribution is 7.17. The first kappa shape index (κ1) is 20.5. The van der Waals surface area contributed by atoms with Crippen LogP contribution < -0.4 is 14.8 Å². The van der Waals surface area contributed by atoms with E-state index >= 15 is 0 Å². The summed E-state index contributed by atoms with van der Waals surface area (Å²) < 4.78 is 16.4. The van der Waals surface area contributed by atoms with Crippen LogP contribution in [0.25, 0.3) is 11.1 Å². The molecule has 1 fully saturated rings. The number of hydrogen-bond acceptors (Lipinski definition) is 9. The molecule has 3 aromatic rings. The lowest BCUT2D eigenvalue weighted by Gasteiger charge is -2.13. The Morgan fingerprint density at radius 1 is 1.27 bits per heavy atom. The van der Waals surface area contributed by atoms with Crippen LogP contribution in [0.2, 0.25) is 5.15 Å². The number of pyridine rings is 2. The highest BCUT2D eigenvalue weighted by Gasteiger charge is 2.21. The first-order valence-electron chi connectivity index (χ1n) is 9.09. The second-order valence-electron chi connectivity index (χ2n) is 6.51. The van der Waals surface area contributed by atoms with Crippen LogP contribution in [-0.2, 0) is 4.74 Å². The number of nitrogens with zero attached hydrogens (tertiary/aromatic N) is 4. The molecule has 30 heavy (non-hydrogen) atoms. The van der Waals surface area contributed by atoms with Gasteiger partial charge in [0.25, 0.3) is 11.1 Å². The van der Waals surface area contributed by atoms with Gasteiger partial charge in [-0.2, -0.15) is 0 Å². The third kappa shape index (κ3) is 4.50. The van der Waals surface area contributed by atoms with E-state index in [-0.39, 0.29) is 17.2 Å². The number of hydrogen-bond donors (Lipinski definition) is 1. The van der Waals surface area contributed by atoms with Gasteiger partial charge in [-0.25, -0.2) is 4.98 Å². The molecule has 0 bridgehead atoms. The summed E-state index contributed by atoms with van der Waals surface area (Å²) in [5.74, 6) is 0.101. The standard InChI is InChI=1S/C19H18ClN5O4S/c1-10-5-12(13-6-16(20)22-8-15(13)27-2)14(7-21-10)17(26)23-18-24-25-19(30-18)29-11-3-4-28-9-11/h5-8,11H,3-4,9H2,1-2H3,(H,23,24,26)/t11-/m1/s1. The minimum atomic E-state index is -0.389. The SMILES string of the molecule is COc1cnc(Cl)cc1-c1cc(C)ncc1C(=O)Nc1nnc(O[C@@H]2CCOC2)s1. The van der Waals surface area contributed by atoms with Gasteiger partial charge < -0.3 is 14.2 Å². The largest absolute Gasteiger partial charge is 0.494 e. The smallest absolute Gasteiger partial charge is 0.296 e. The summed E-state index contributed by atoms with van der Waals surface area (Å²) >= 11 is 7.22. The Bertz CT molecular complexity index is 1070. The van der Waals surface area contributed by atoms with Crippen molar-refractivity contribution in [3.05, 3.63) is 40.9 Å². The molecule has 0 saturated carbocycles. The van der Waals surface area contributed by atoms with Crippen molar-refractivity contribution in [2.75, 3.05) is 25.6 Å². The van der Waals surface area contributed by atoms with E-state index in [2.05, 4.69) is 25.5 Å². The van der Waals surface area contributed by atoms with Crippen molar-refractivity contribution in [2.45, 2.75) is 19.4 Å². The summed E-state index contributed by atoms with van der Waals surface area (Å²) in [5, 5.41) is 11.7. The molecule has 1 saturated heterocycles. The minimum Gasteiger partial charge on any atom is -0.494 e. The number of aryl methyl sites for hydroxylation is 1. The van der Waals surface area contributed by atoms with E-state index in [1.807, 2.05) is 6.92 Å². The number of carbonyl (C=O) groups is 1. The first-order chi connectivity index (χ1) is 14.5. The maximum absolute atomic E-state index is 13.0. The summed E-state index contributed by atoms with van der Waals surface area (Å²) in [5.41, 5.74) is 2.32. The molecular formula is C19H18ClN5O4S. The van der Waals surface area contributed by atoms with Crippen LogP contribution in [0.15, 0.2) is 24.5 Å². The zero-order valence-corrected chi connectivity index (χ0v) is 17.8. The Balaban J connectivity index is 1.59. The zero-order valence-electron chi connectivity index (χ0n) is 16.2.